The average Bonchev–Trinajstić information content (AvgIpc) is 2.23. The van der Waals surface area contributed by atoms with E-state index < -0.39 is 0 Å². The summed E-state index contributed by atoms with van der Waals surface area (Å²) in [5.74, 6) is 1.49. The second-order valence-electron chi connectivity index (χ2n) is 3.65. The highest BCUT2D eigenvalue weighted by Crippen LogP contribution is 2.29. The molecule has 0 amide bonds. The van der Waals surface area contributed by atoms with Gasteiger partial charge < -0.3 is 10.1 Å². The molecule has 4 nitrogen and oxygen atoms in total. The molecule has 1 aromatic heterocycles. The molecular formula is C10H15N3O. The predicted molar refractivity (Wildman–Crippen MR) is 54.0 cm³/mol. The number of nitrogens with zero attached hydrogens (tertiary/aromatic N) is 2. The first-order valence-corrected chi connectivity index (χ1v) is 4.93. The summed E-state index contributed by atoms with van der Waals surface area (Å²) >= 11 is 0. The van der Waals surface area contributed by atoms with Crippen molar-refractivity contribution >= 4 is 5.82 Å². The zero-order valence-corrected chi connectivity index (χ0v) is 8.31. The second kappa shape index (κ2) is 4.37. The lowest BCUT2D eigenvalue weighted by atomic mass is 9.80. The van der Waals surface area contributed by atoms with Crippen LogP contribution < -0.4 is 5.32 Å². The lowest BCUT2D eigenvalue weighted by molar-refractivity contribution is 0.101. The van der Waals surface area contributed by atoms with E-state index in [1.165, 1.54) is 12.8 Å². The fourth-order valence-corrected chi connectivity index (χ4v) is 1.74. The summed E-state index contributed by atoms with van der Waals surface area (Å²) in [6.07, 6.45) is 4.12. The molecule has 1 N–H and O–H groups in total. The molecule has 76 valence electrons. The smallest absolute Gasteiger partial charge is 0.148 e. The van der Waals surface area contributed by atoms with Crippen molar-refractivity contribution in [1.82, 2.24) is 10.2 Å². The molecule has 0 aliphatic heterocycles. The number of hydrogen-bond acceptors (Lipinski definition) is 4. The van der Waals surface area contributed by atoms with Gasteiger partial charge in [-0.25, -0.2) is 0 Å². The Morgan fingerprint density at radius 3 is 3.07 bits per heavy atom. The molecule has 0 saturated heterocycles. The average molecular weight is 193 g/mol. The summed E-state index contributed by atoms with van der Waals surface area (Å²) in [5.41, 5.74) is 0. The minimum absolute atomic E-state index is 0.506. The standard InChI is InChI=1S/C10H15N3O/c1-14-7-8-4-5-9(8)12-10-3-2-6-11-13-10/h2-3,6,8-9H,4-5,7H2,1H3,(H,12,13)/t8-,9+/m1/s1. The quantitative estimate of drug-likeness (QED) is 0.783. The van der Waals surface area contributed by atoms with Crippen molar-refractivity contribution in [3.8, 4) is 0 Å². The molecule has 2 rings (SSSR count). The van der Waals surface area contributed by atoms with Crippen LogP contribution in [-0.4, -0.2) is 30.0 Å². The Morgan fingerprint density at radius 2 is 2.50 bits per heavy atom. The Labute approximate surface area is 83.7 Å². The summed E-state index contributed by atoms with van der Waals surface area (Å²) < 4.78 is 5.14. The highest BCUT2D eigenvalue weighted by atomic mass is 16.5. The van der Waals surface area contributed by atoms with Crippen LogP contribution in [0, 0.1) is 5.92 Å². The topological polar surface area (TPSA) is 47.0 Å². The molecule has 2 atom stereocenters. The Morgan fingerprint density at radius 1 is 1.57 bits per heavy atom. The molecule has 1 saturated carbocycles. The maximum absolute atomic E-state index is 5.14. The summed E-state index contributed by atoms with van der Waals surface area (Å²) in [7, 11) is 1.75. The second-order valence-corrected chi connectivity index (χ2v) is 3.65. The molecule has 1 heterocycles. The minimum Gasteiger partial charge on any atom is -0.384 e. The number of anilines is 1. The van der Waals surface area contributed by atoms with Crippen molar-refractivity contribution in [3.05, 3.63) is 18.3 Å². The predicted octanol–water partition coefficient (Wildman–Crippen LogP) is 1.31. The van der Waals surface area contributed by atoms with Gasteiger partial charge in [0.25, 0.3) is 0 Å². The Balaban J connectivity index is 1.86. The zero-order chi connectivity index (χ0) is 9.80. The first-order valence-electron chi connectivity index (χ1n) is 4.93. The van der Waals surface area contributed by atoms with E-state index in [1.54, 1.807) is 13.3 Å². The van der Waals surface area contributed by atoms with Crippen LogP contribution in [0.2, 0.25) is 0 Å². The van der Waals surface area contributed by atoms with E-state index in [0.29, 0.717) is 12.0 Å². The Bertz CT molecular complexity index is 278. The van der Waals surface area contributed by atoms with Crippen molar-refractivity contribution in [2.24, 2.45) is 5.92 Å². The van der Waals surface area contributed by atoms with Gasteiger partial charge in [0.2, 0.25) is 0 Å². The molecule has 1 aliphatic carbocycles. The fourth-order valence-electron chi connectivity index (χ4n) is 1.74. The van der Waals surface area contributed by atoms with Gasteiger partial charge in [-0.3, -0.25) is 0 Å². The van der Waals surface area contributed by atoms with Gasteiger partial charge in [0.05, 0.1) is 6.61 Å². The molecule has 0 bridgehead atoms. The summed E-state index contributed by atoms with van der Waals surface area (Å²) in [5, 5.41) is 11.2. The van der Waals surface area contributed by atoms with E-state index >= 15 is 0 Å². The maximum atomic E-state index is 5.14. The van der Waals surface area contributed by atoms with E-state index in [1.807, 2.05) is 12.1 Å². The van der Waals surface area contributed by atoms with E-state index in [0.717, 1.165) is 12.4 Å². The lowest BCUT2D eigenvalue weighted by Gasteiger charge is -2.36. The number of hydrogen-bond donors (Lipinski definition) is 1. The van der Waals surface area contributed by atoms with Gasteiger partial charge in [0.15, 0.2) is 0 Å². The lowest BCUT2D eigenvalue weighted by Crippen LogP contribution is -2.41. The third-order valence-corrected chi connectivity index (χ3v) is 2.70. The van der Waals surface area contributed by atoms with E-state index in [2.05, 4.69) is 15.5 Å². The summed E-state index contributed by atoms with van der Waals surface area (Å²) in [4.78, 5) is 0. The molecule has 14 heavy (non-hydrogen) atoms. The van der Waals surface area contributed by atoms with Crippen molar-refractivity contribution in [2.45, 2.75) is 18.9 Å². The molecule has 0 radical (unpaired) electrons. The van der Waals surface area contributed by atoms with Crippen LogP contribution in [0.4, 0.5) is 5.82 Å². The van der Waals surface area contributed by atoms with E-state index in [4.69, 9.17) is 4.74 Å². The number of ether oxygens (including phenoxy) is 1. The molecule has 0 aromatic carbocycles. The fraction of sp³-hybridized carbons (Fsp3) is 0.600. The first kappa shape index (κ1) is 9.40. The normalized spacial score (nSPS) is 25.5. The van der Waals surface area contributed by atoms with E-state index in [9.17, 15) is 0 Å². The van der Waals surface area contributed by atoms with Gasteiger partial charge in [-0.05, 0) is 25.0 Å². The van der Waals surface area contributed by atoms with Crippen molar-refractivity contribution in [2.75, 3.05) is 19.0 Å². The first-order chi connectivity index (χ1) is 6.90. The maximum Gasteiger partial charge on any atom is 0.148 e. The van der Waals surface area contributed by atoms with Crippen LogP contribution in [0.1, 0.15) is 12.8 Å². The molecule has 1 aliphatic rings. The summed E-state index contributed by atoms with van der Waals surface area (Å²) in [6.45, 7) is 0.831. The van der Waals surface area contributed by atoms with Crippen LogP contribution >= 0.6 is 0 Å². The van der Waals surface area contributed by atoms with Crippen LogP contribution in [0.5, 0.6) is 0 Å². The molecular weight excluding hydrogens is 178 g/mol. The minimum atomic E-state index is 0.506. The van der Waals surface area contributed by atoms with Crippen LogP contribution in [0.15, 0.2) is 18.3 Å². The van der Waals surface area contributed by atoms with Gasteiger partial charge in [0, 0.05) is 25.3 Å². The van der Waals surface area contributed by atoms with Gasteiger partial charge in [-0.15, -0.1) is 5.10 Å². The summed E-state index contributed by atoms with van der Waals surface area (Å²) in [6, 6.07) is 4.33. The number of aromatic nitrogens is 2. The molecule has 0 unspecified atom stereocenters. The van der Waals surface area contributed by atoms with E-state index in [-0.39, 0.29) is 0 Å². The van der Waals surface area contributed by atoms with Crippen molar-refractivity contribution in [1.29, 1.82) is 0 Å². The van der Waals surface area contributed by atoms with Crippen LogP contribution in [0.25, 0.3) is 0 Å². The number of nitrogens with one attached hydrogen (secondary N) is 1. The molecule has 1 fully saturated rings. The highest BCUT2D eigenvalue weighted by molar-refractivity contribution is 5.34. The Hall–Kier alpha value is -1.16. The third kappa shape index (κ3) is 2.01. The Kier molecular flexibility index (Phi) is 2.93. The van der Waals surface area contributed by atoms with Crippen molar-refractivity contribution < 1.29 is 4.74 Å². The van der Waals surface area contributed by atoms with Crippen molar-refractivity contribution in [3.63, 3.8) is 0 Å². The third-order valence-electron chi connectivity index (χ3n) is 2.70. The molecule has 0 spiro atoms. The largest absolute Gasteiger partial charge is 0.384 e. The number of methoxy groups -OCH3 is 1. The SMILES string of the molecule is COC[C@H]1CC[C@@H]1Nc1cccnn1. The molecule has 4 heteroatoms. The zero-order valence-electron chi connectivity index (χ0n) is 8.31. The number of rotatable bonds is 4. The van der Waals surface area contributed by atoms with Gasteiger partial charge in [0.1, 0.15) is 5.82 Å². The van der Waals surface area contributed by atoms with Crippen LogP contribution in [0.3, 0.4) is 0 Å². The van der Waals surface area contributed by atoms with Gasteiger partial charge >= 0.3 is 0 Å². The van der Waals surface area contributed by atoms with Gasteiger partial charge in [-0.2, -0.15) is 5.10 Å². The highest BCUT2D eigenvalue weighted by Gasteiger charge is 2.30. The molecule has 1 aromatic rings. The monoisotopic (exact) mass is 193 g/mol. The van der Waals surface area contributed by atoms with Gasteiger partial charge in [-0.1, -0.05) is 0 Å². The van der Waals surface area contributed by atoms with Crippen LogP contribution in [-0.2, 0) is 4.74 Å².